The van der Waals surface area contributed by atoms with Crippen molar-refractivity contribution in [3.05, 3.63) is 34.9 Å². The van der Waals surface area contributed by atoms with E-state index >= 15 is 0 Å². The molecule has 1 aromatic carbocycles. The second-order valence-electron chi connectivity index (χ2n) is 6.76. The maximum Gasteiger partial charge on any atom is 0.241 e. The number of nitrogens with one attached hydrogen (secondary N) is 3. The number of hydrazine groups is 1. The molecule has 3 N–H and O–H groups in total. The zero-order chi connectivity index (χ0) is 16.9. The van der Waals surface area contributed by atoms with Crippen LogP contribution in [0, 0.1) is 5.92 Å². The summed E-state index contributed by atoms with van der Waals surface area (Å²) in [6.07, 6.45) is 2.97. The molecule has 25 heavy (non-hydrogen) atoms. The van der Waals surface area contributed by atoms with Crippen molar-refractivity contribution in [2.24, 2.45) is 5.92 Å². The molecule has 3 rings (SSSR count). The van der Waals surface area contributed by atoms with Crippen LogP contribution in [0.1, 0.15) is 37.8 Å². The number of rotatable bonds is 5. The van der Waals surface area contributed by atoms with Crippen LogP contribution < -0.4 is 16.2 Å². The molecule has 7 heteroatoms. The molecular formula is C18H28Cl2N4O. The zero-order valence-electron chi connectivity index (χ0n) is 14.6. The van der Waals surface area contributed by atoms with Gasteiger partial charge in [0.05, 0.1) is 0 Å². The summed E-state index contributed by atoms with van der Waals surface area (Å²) in [5.41, 5.74) is 7.58. The number of likely N-dealkylation sites (tertiary alicyclic amines) is 1. The molecule has 2 unspecified atom stereocenters. The van der Waals surface area contributed by atoms with Crippen molar-refractivity contribution in [1.82, 2.24) is 21.1 Å². The standard InChI is InChI=1S/C18H27ClN4O.ClH/c1-2-20-12-13-7-9-23(10-8-13)18(24)17-11-16(21-22-17)14-3-5-15(19)6-4-14;/h3-6,13,16-17,20-22H,2,7-12H2,1H3;1H. The van der Waals surface area contributed by atoms with Gasteiger partial charge in [-0.15, -0.1) is 12.4 Å². The van der Waals surface area contributed by atoms with Crippen LogP contribution in [0.3, 0.4) is 0 Å². The lowest BCUT2D eigenvalue weighted by atomic mass is 9.95. The molecule has 0 aromatic heterocycles. The normalized spacial score (nSPS) is 24.2. The Morgan fingerprint density at radius 3 is 2.56 bits per heavy atom. The van der Waals surface area contributed by atoms with Gasteiger partial charge in [0.1, 0.15) is 6.04 Å². The summed E-state index contributed by atoms with van der Waals surface area (Å²) in [6, 6.07) is 7.83. The summed E-state index contributed by atoms with van der Waals surface area (Å²) in [6.45, 7) is 5.97. The molecule has 2 aliphatic heterocycles. The van der Waals surface area contributed by atoms with Gasteiger partial charge in [0.25, 0.3) is 0 Å². The van der Waals surface area contributed by atoms with Gasteiger partial charge < -0.3 is 10.2 Å². The summed E-state index contributed by atoms with van der Waals surface area (Å²) >= 11 is 5.94. The first-order valence-corrected chi connectivity index (χ1v) is 9.31. The van der Waals surface area contributed by atoms with Crippen LogP contribution >= 0.6 is 24.0 Å². The number of halogens is 2. The molecule has 2 aliphatic rings. The fourth-order valence-electron chi connectivity index (χ4n) is 3.56. The van der Waals surface area contributed by atoms with Crippen LogP contribution in [0.15, 0.2) is 24.3 Å². The SMILES string of the molecule is CCNCC1CCN(C(=O)C2CC(c3ccc(Cl)cc3)NN2)CC1.Cl. The van der Waals surface area contributed by atoms with Gasteiger partial charge in [-0.05, 0) is 56.0 Å². The first kappa shape index (κ1) is 20.5. The van der Waals surface area contributed by atoms with Gasteiger partial charge in [0.15, 0.2) is 0 Å². The molecule has 0 bridgehead atoms. The Morgan fingerprint density at radius 2 is 1.92 bits per heavy atom. The monoisotopic (exact) mass is 386 g/mol. The molecule has 0 saturated carbocycles. The minimum Gasteiger partial charge on any atom is -0.341 e. The highest BCUT2D eigenvalue weighted by Gasteiger charge is 2.34. The lowest BCUT2D eigenvalue weighted by Gasteiger charge is -2.33. The predicted octanol–water partition coefficient (Wildman–Crippen LogP) is 2.52. The van der Waals surface area contributed by atoms with E-state index in [9.17, 15) is 4.79 Å². The molecule has 2 heterocycles. The second kappa shape index (κ2) is 9.74. The van der Waals surface area contributed by atoms with Gasteiger partial charge in [-0.2, -0.15) is 0 Å². The highest BCUT2D eigenvalue weighted by Crippen LogP contribution is 2.25. The number of carbonyl (C=O) groups excluding carboxylic acids is 1. The van der Waals surface area contributed by atoms with E-state index in [0.717, 1.165) is 56.0 Å². The highest BCUT2D eigenvalue weighted by atomic mass is 35.5. The van der Waals surface area contributed by atoms with Crippen LogP contribution in [0.2, 0.25) is 5.02 Å². The Bertz CT molecular complexity index is 547. The molecule has 5 nitrogen and oxygen atoms in total. The topological polar surface area (TPSA) is 56.4 Å². The number of hydrogen-bond acceptors (Lipinski definition) is 4. The van der Waals surface area contributed by atoms with Crippen LogP contribution in [-0.4, -0.2) is 43.0 Å². The van der Waals surface area contributed by atoms with Gasteiger partial charge in [-0.25, -0.2) is 10.9 Å². The van der Waals surface area contributed by atoms with Crippen molar-refractivity contribution in [2.75, 3.05) is 26.2 Å². The predicted molar refractivity (Wildman–Crippen MR) is 104 cm³/mol. The largest absolute Gasteiger partial charge is 0.341 e. The lowest BCUT2D eigenvalue weighted by Crippen LogP contribution is -2.49. The third-order valence-corrected chi connectivity index (χ3v) is 5.33. The smallest absolute Gasteiger partial charge is 0.241 e. The lowest BCUT2D eigenvalue weighted by molar-refractivity contribution is -0.134. The Balaban J connectivity index is 0.00000225. The van der Waals surface area contributed by atoms with Crippen LogP contribution in [0.5, 0.6) is 0 Å². The summed E-state index contributed by atoms with van der Waals surface area (Å²) in [4.78, 5) is 14.8. The number of carbonyl (C=O) groups is 1. The highest BCUT2D eigenvalue weighted by molar-refractivity contribution is 6.30. The summed E-state index contributed by atoms with van der Waals surface area (Å²) in [5.74, 6) is 0.923. The molecule has 0 spiro atoms. The average Bonchev–Trinajstić information content (AvgIpc) is 3.10. The molecule has 1 aromatic rings. The number of amides is 1. The number of hydrogen-bond donors (Lipinski definition) is 3. The fourth-order valence-corrected chi connectivity index (χ4v) is 3.68. The van der Waals surface area contributed by atoms with Crippen molar-refractivity contribution in [3.8, 4) is 0 Å². The molecule has 140 valence electrons. The van der Waals surface area contributed by atoms with E-state index in [-0.39, 0.29) is 30.4 Å². The molecular weight excluding hydrogens is 359 g/mol. The molecule has 2 saturated heterocycles. The van der Waals surface area contributed by atoms with Gasteiger partial charge in [-0.3, -0.25) is 4.79 Å². The van der Waals surface area contributed by atoms with Crippen molar-refractivity contribution in [1.29, 1.82) is 0 Å². The first-order valence-electron chi connectivity index (χ1n) is 8.93. The molecule has 2 fully saturated rings. The van der Waals surface area contributed by atoms with E-state index in [0.29, 0.717) is 5.92 Å². The molecule has 1 amide bonds. The maximum absolute atomic E-state index is 12.7. The Labute approximate surface area is 161 Å². The minimum atomic E-state index is -0.143. The van der Waals surface area contributed by atoms with Crippen LogP contribution in [0.4, 0.5) is 0 Å². The third-order valence-electron chi connectivity index (χ3n) is 5.08. The minimum absolute atomic E-state index is 0. The summed E-state index contributed by atoms with van der Waals surface area (Å²) in [7, 11) is 0. The first-order chi connectivity index (χ1) is 11.7. The zero-order valence-corrected chi connectivity index (χ0v) is 16.2. The van der Waals surface area contributed by atoms with E-state index in [1.165, 1.54) is 0 Å². The second-order valence-corrected chi connectivity index (χ2v) is 7.19. The van der Waals surface area contributed by atoms with Gasteiger partial charge in [-0.1, -0.05) is 30.7 Å². The number of nitrogens with zero attached hydrogens (tertiary/aromatic N) is 1. The molecule has 0 aliphatic carbocycles. The van der Waals surface area contributed by atoms with Crippen LogP contribution in [-0.2, 0) is 4.79 Å². The Hall–Kier alpha value is -0.850. The Morgan fingerprint density at radius 1 is 1.24 bits per heavy atom. The maximum atomic E-state index is 12.7. The van der Waals surface area contributed by atoms with Crippen LogP contribution in [0.25, 0.3) is 0 Å². The van der Waals surface area contributed by atoms with Gasteiger partial charge in [0, 0.05) is 24.2 Å². The Kier molecular flexibility index (Phi) is 7.97. The van der Waals surface area contributed by atoms with Crippen molar-refractivity contribution in [2.45, 2.75) is 38.3 Å². The average molecular weight is 387 g/mol. The number of piperidine rings is 1. The quantitative estimate of drug-likeness (QED) is 0.727. The third kappa shape index (κ3) is 5.31. The van der Waals surface area contributed by atoms with Crippen molar-refractivity contribution in [3.63, 3.8) is 0 Å². The number of benzene rings is 1. The molecule has 2 atom stereocenters. The van der Waals surface area contributed by atoms with E-state index in [1.54, 1.807) is 0 Å². The molecule has 0 radical (unpaired) electrons. The van der Waals surface area contributed by atoms with E-state index in [4.69, 9.17) is 11.6 Å². The summed E-state index contributed by atoms with van der Waals surface area (Å²) in [5, 5.41) is 4.14. The van der Waals surface area contributed by atoms with E-state index in [2.05, 4.69) is 23.1 Å². The van der Waals surface area contributed by atoms with E-state index in [1.807, 2.05) is 29.2 Å². The fraction of sp³-hybridized carbons (Fsp3) is 0.611. The van der Waals surface area contributed by atoms with E-state index < -0.39 is 0 Å². The van der Waals surface area contributed by atoms with Crippen molar-refractivity contribution >= 4 is 29.9 Å². The van der Waals surface area contributed by atoms with Gasteiger partial charge >= 0.3 is 0 Å². The summed E-state index contributed by atoms with van der Waals surface area (Å²) < 4.78 is 0. The van der Waals surface area contributed by atoms with Crippen molar-refractivity contribution < 1.29 is 4.79 Å². The van der Waals surface area contributed by atoms with Gasteiger partial charge in [0.2, 0.25) is 5.91 Å².